The second-order valence-corrected chi connectivity index (χ2v) is 12.4. The zero-order valence-corrected chi connectivity index (χ0v) is 26.5. The summed E-state index contributed by atoms with van der Waals surface area (Å²) in [4.78, 5) is 52.2. The van der Waals surface area contributed by atoms with E-state index in [1.165, 1.54) is 37.4 Å². The number of pyridine rings is 3. The highest BCUT2D eigenvalue weighted by Crippen LogP contribution is 2.46. The van der Waals surface area contributed by atoms with E-state index in [-0.39, 0.29) is 30.9 Å². The molecule has 6 rings (SSSR count). The number of fused-ring (bicyclic) bond motifs is 2. The Morgan fingerprint density at radius 1 is 1.08 bits per heavy atom. The number of aromatic nitrogens is 3. The topological polar surface area (TPSA) is 169 Å². The van der Waals surface area contributed by atoms with Crippen molar-refractivity contribution in [2.24, 2.45) is 5.73 Å². The number of amides is 3. The number of carbonyl (C=O) groups excluding carboxylic acids is 3. The Morgan fingerprint density at radius 2 is 1.85 bits per heavy atom. The lowest BCUT2D eigenvalue weighted by molar-refractivity contribution is -0.123. The first-order valence-corrected chi connectivity index (χ1v) is 15.2. The van der Waals surface area contributed by atoms with Crippen LogP contribution in [-0.4, -0.2) is 44.4 Å². The van der Waals surface area contributed by atoms with Gasteiger partial charge in [0.25, 0.3) is 0 Å². The number of nitrogens with zero attached hydrogens (tertiary/aromatic N) is 3. The van der Waals surface area contributed by atoms with Gasteiger partial charge in [0.15, 0.2) is 5.78 Å². The third-order valence-electron chi connectivity index (χ3n) is 8.53. The molecule has 0 saturated heterocycles. The quantitative estimate of drug-likeness (QED) is 0.146. The molecule has 1 aliphatic heterocycles. The number of ether oxygens (including phenoxy) is 1. The van der Waals surface area contributed by atoms with Crippen LogP contribution in [0, 0.1) is 12.7 Å². The van der Waals surface area contributed by atoms with Gasteiger partial charge in [-0.25, -0.2) is 14.2 Å². The number of primary amides is 1. The Bertz CT molecular complexity index is 2070. The zero-order chi connectivity index (χ0) is 34.2. The standard InChI is InChI=1S/C36H33FN6O5/c1-20-13-23-14-22(15-27(30(23)40-17-20)42-34(46)41-25-5-4-12-39-18-25)28(44)10-11-36(3,47)29-16-26-32(48-19-35(26,2)33(38)45)31(43-29)21-6-8-24(37)9-7-21/h4-9,12-18,47H,10-11,19H2,1-3H3,(H2,38,45)(H2,41,42,46)/t35-,36-/m0/s1. The molecule has 0 bridgehead atoms. The van der Waals surface area contributed by atoms with Crippen molar-refractivity contribution in [3.8, 4) is 17.0 Å². The molecule has 0 spiro atoms. The van der Waals surface area contributed by atoms with Crippen molar-refractivity contribution < 1.29 is 28.6 Å². The van der Waals surface area contributed by atoms with Crippen molar-refractivity contribution in [2.75, 3.05) is 17.2 Å². The number of halogens is 1. The lowest BCUT2D eigenvalue weighted by Crippen LogP contribution is -2.40. The summed E-state index contributed by atoms with van der Waals surface area (Å²) in [5, 5.41) is 17.9. The van der Waals surface area contributed by atoms with E-state index in [1.807, 2.05) is 13.0 Å². The Hall–Kier alpha value is -5.75. The lowest BCUT2D eigenvalue weighted by atomic mass is 9.81. The van der Waals surface area contributed by atoms with Gasteiger partial charge in [0, 0.05) is 40.9 Å². The lowest BCUT2D eigenvalue weighted by Gasteiger charge is -2.26. The number of rotatable bonds is 9. The van der Waals surface area contributed by atoms with Gasteiger partial charge in [-0.1, -0.05) is 0 Å². The van der Waals surface area contributed by atoms with Gasteiger partial charge in [-0.15, -0.1) is 0 Å². The van der Waals surface area contributed by atoms with E-state index in [1.54, 1.807) is 49.6 Å². The summed E-state index contributed by atoms with van der Waals surface area (Å²) in [6.45, 7) is 5.03. The van der Waals surface area contributed by atoms with Gasteiger partial charge in [0.1, 0.15) is 34.9 Å². The van der Waals surface area contributed by atoms with Crippen molar-refractivity contribution in [2.45, 2.75) is 44.6 Å². The van der Waals surface area contributed by atoms with Crippen LogP contribution in [0.5, 0.6) is 5.75 Å². The van der Waals surface area contributed by atoms with Crippen molar-refractivity contribution in [1.82, 2.24) is 15.0 Å². The number of nitrogens with two attached hydrogens (primary N) is 1. The van der Waals surface area contributed by atoms with Crippen molar-refractivity contribution in [1.29, 1.82) is 0 Å². The van der Waals surface area contributed by atoms with E-state index < -0.39 is 28.8 Å². The fraction of sp³-hybridized carbons (Fsp3) is 0.222. The summed E-state index contributed by atoms with van der Waals surface area (Å²) >= 11 is 0. The highest BCUT2D eigenvalue weighted by atomic mass is 19.1. The normalized spacial score (nSPS) is 16.4. The number of anilines is 2. The van der Waals surface area contributed by atoms with Crippen LogP contribution in [0.2, 0.25) is 0 Å². The van der Waals surface area contributed by atoms with Crippen LogP contribution in [0.1, 0.15) is 53.9 Å². The predicted molar refractivity (Wildman–Crippen MR) is 178 cm³/mol. The number of Topliss-reactive ketones (excluding diaryl/α,β-unsaturated/α-hetero) is 1. The van der Waals surface area contributed by atoms with Gasteiger partial charge >= 0.3 is 6.03 Å². The second kappa shape index (κ2) is 12.5. The van der Waals surface area contributed by atoms with Crippen LogP contribution in [0.4, 0.5) is 20.6 Å². The van der Waals surface area contributed by atoms with Crippen LogP contribution in [-0.2, 0) is 15.8 Å². The molecule has 12 heteroatoms. The minimum absolute atomic E-state index is 0.0233. The number of aliphatic hydroxyl groups is 1. The number of carbonyl (C=O) groups is 3. The Kier molecular flexibility index (Phi) is 8.36. The molecule has 5 aromatic rings. The molecular formula is C36H33FN6O5. The van der Waals surface area contributed by atoms with Gasteiger partial charge in [-0.3, -0.25) is 19.6 Å². The van der Waals surface area contributed by atoms with Crippen LogP contribution < -0.4 is 21.1 Å². The summed E-state index contributed by atoms with van der Waals surface area (Å²) < 4.78 is 19.7. The van der Waals surface area contributed by atoms with E-state index in [0.717, 1.165) is 5.56 Å². The van der Waals surface area contributed by atoms with Crippen molar-refractivity contribution >= 4 is 40.0 Å². The molecule has 2 atom stereocenters. The third kappa shape index (κ3) is 6.29. The molecule has 4 heterocycles. The molecule has 11 nitrogen and oxygen atoms in total. The number of benzene rings is 2. The summed E-state index contributed by atoms with van der Waals surface area (Å²) in [6.07, 6.45) is 4.64. The van der Waals surface area contributed by atoms with Crippen LogP contribution >= 0.6 is 0 Å². The number of aryl methyl sites for hydroxylation is 1. The fourth-order valence-corrected chi connectivity index (χ4v) is 5.63. The summed E-state index contributed by atoms with van der Waals surface area (Å²) in [5.41, 5.74) is 6.91. The molecule has 48 heavy (non-hydrogen) atoms. The highest BCUT2D eigenvalue weighted by molar-refractivity contribution is 6.08. The summed E-state index contributed by atoms with van der Waals surface area (Å²) in [6, 6.07) is 15.2. The van der Waals surface area contributed by atoms with Gasteiger partial charge in [-0.2, -0.15) is 0 Å². The first-order valence-electron chi connectivity index (χ1n) is 15.2. The smallest absolute Gasteiger partial charge is 0.323 e. The maximum atomic E-state index is 13.8. The van der Waals surface area contributed by atoms with E-state index in [2.05, 4.69) is 20.6 Å². The highest BCUT2D eigenvalue weighted by Gasteiger charge is 2.45. The van der Waals surface area contributed by atoms with Gasteiger partial charge in [-0.05, 0) is 93.4 Å². The van der Waals surface area contributed by atoms with Crippen LogP contribution in [0.25, 0.3) is 22.2 Å². The van der Waals surface area contributed by atoms with Crippen LogP contribution in [0.15, 0.2) is 79.3 Å². The number of hydrogen-bond acceptors (Lipinski definition) is 8. The molecule has 0 saturated carbocycles. The molecule has 2 aromatic carbocycles. The second-order valence-electron chi connectivity index (χ2n) is 12.4. The Balaban J connectivity index is 1.29. The summed E-state index contributed by atoms with van der Waals surface area (Å²) in [5.74, 6) is -1.02. The molecule has 0 unspecified atom stereocenters. The van der Waals surface area contributed by atoms with Crippen LogP contribution in [0.3, 0.4) is 0 Å². The molecule has 0 fully saturated rings. The van der Waals surface area contributed by atoms with E-state index in [9.17, 15) is 23.9 Å². The van der Waals surface area contributed by atoms with Crippen molar-refractivity contribution in [3.63, 3.8) is 0 Å². The zero-order valence-electron chi connectivity index (χ0n) is 26.5. The first-order chi connectivity index (χ1) is 22.8. The maximum absolute atomic E-state index is 13.8. The minimum atomic E-state index is -1.64. The van der Waals surface area contributed by atoms with Gasteiger partial charge in [0.2, 0.25) is 5.91 Å². The van der Waals surface area contributed by atoms with E-state index >= 15 is 0 Å². The average molecular weight is 649 g/mol. The monoisotopic (exact) mass is 648 g/mol. The van der Waals surface area contributed by atoms with Gasteiger partial charge < -0.3 is 26.2 Å². The molecule has 244 valence electrons. The number of nitrogens with one attached hydrogen (secondary N) is 2. The molecule has 5 N–H and O–H groups in total. The molecular weight excluding hydrogens is 615 g/mol. The molecule has 3 aromatic heterocycles. The molecule has 3 amide bonds. The first kappa shape index (κ1) is 32.2. The minimum Gasteiger partial charge on any atom is -0.489 e. The van der Waals surface area contributed by atoms with Crippen molar-refractivity contribution in [3.05, 3.63) is 107 Å². The Morgan fingerprint density at radius 3 is 2.56 bits per heavy atom. The third-order valence-corrected chi connectivity index (χ3v) is 8.53. The number of hydrogen-bond donors (Lipinski definition) is 4. The average Bonchev–Trinajstić information content (AvgIpc) is 3.41. The number of ketones is 1. The molecule has 1 aliphatic rings. The molecule has 0 aliphatic carbocycles. The predicted octanol–water partition coefficient (Wildman–Crippen LogP) is 5.79. The van der Waals surface area contributed by atoms with E-state index in [0.29, 0.717) is 50.4 Å². The SMILES string of the molecule is Cc1cnc2c(NC(=O)Nc3cccnc3)cc(C(=O)CC[C@](C)(O)c3cc4c(c(-c5ccc(F)cc5)n3)OC[C@]4(C)C(N)=O)cc2c1. The van der Waals surface area contributed by atoms with E-state index in [4.69, 9.17) is 15.5 Å². The molecule has 0 radical (unpaired) electrons. The fourth-order valence-electron chi connectivity index (χ4n) is 5.63. The Labute approximate surface area is 275 Å². The summed E-state index contributed by atoms with van der Waals surface area (Å²) in [7, 11) is 0. The number of urea groups is 1. The largest absolute Gasteiger partial charge is 0.489 e. The maximum Gasteiger partial charge on any atom is 0.323 e. The van der Waals surface area contributed by atoms with Gasteiger partial charge in [0.05, 0.1) is 28.8 Å².